The molecule has 2 aromatic carbocycles. The zero-order valence-electron chi connectivity index (χ0n) is 11.1. The number of halogens is 1. The molecular formula is C16H12FN3O. The van der Waals surface area contributed by atoms with Gasteiger partial charge in [0, 0.05) is 23.2 Å². The average molecular weight is 281 g/mol. The van der Waals surface area contributed by atoms with Gasteiger partial charge in [0.05, 0.1) is 5.71 Å². The number of anilines is 1. The Hall–Kier alpha value is -2.69. The van der Waals surface area contributed by atoms with E-state index in [9.17, 15) is 9.18 Å². The largest absolute Gasteiger partial charge is 0.323 e. The number of carbonyl (C=O) groups excluding carboxylic acids is 1. The van der Waals surface area contributed by atoms with Crippen molar-refractivity contribution in [2.75, 3.05) is 5.32 Å². The Balaban J connectivity index is 1.73. The standard InChI is InChI=1S/C16H12FN3O/c17-11-5-3-4-10(8-11)14-9-16(20-19-14)12-6-1-2-7-13(12)18-15(16)21/h1-8,20H,9H2,(H,18,21). The van der Waals surface area contributed by atoms with E-state index in [1.807, 2.05) is 24.3 Å². The van der Waals surface area contributed by atoms with Crippen LogP contribution >= 0.6 is 0 Å². The first-order valence-electron chi connectivity index (χ1n) is 6.70. The van der Waals surface area contributed by atoms with E-state index in [2.05, 4.69) is 15.8 Å². The Morgan fingerprint density at radius 3 is 2.86 bits per heavy atom. The second-order valence-corrected chi connectivity index (χ2v) is 5.26. The lowest BCUT2D eigenvalue weighted by molar-refractivity contribution is -0.121. The van der Waals surface area contributed by atoms with Gasteiger partial charge in [-0.25, -0.2) is 4.39 Å². The molecule has 2 heterocycles. The quantitative estimate of drug-likeness (QED) is 0.843. The number of nitrogens with one attached hydrogen (secondary N) is 2. The van der Waals surface area contributed by atoms with Gasteiger partial charge in [0.2, 0.25) is 0 Å². The predicted molar refractivity (Wildman–Crippen MR) is 77.4 cm³/mol. The molecule has 0 fully saturated rings. The first kappa shape index (κ1) is 12.1. The fraction of sp³-hybridized carbons (Fsp3) is 0.125. The van der Waals surface area contributed by atoms with Gasteiger partial charge in [-0.05, 0) is 18.2 Å². The van der Waals surface area contributed by atoms with E-state index in [4.69, 9.17) is 0 Å². The van der Waals surface area contributed by atoms with Crippen molar-refractivity contribution in [3.05, 3.63) is 65.5 Å². The highest BCUT2D eigenvalue weighted by Gasteiger charge is 2.50. The van der Waals surface area contributed by atoms with Gasteiger partial charge in [-0.1, -0.05) is 30.3 Å². The minimum Gasteiger partial charge on any atom is -0.323 e. The molecule has 1 unspecified atom stereocenters. The summed E-state index contributed by atoms with van der Waals surface area (Å²) in [6.07, 6.45) is 0.402. The Morgan fingerprint density at radius 2 is 2.00 bits per heavy atom. The van der Waals surface area contributed by atoms with Crippen molar-refractivity contribution in [2.24, 2.45) is 5.10 Å². The van der Waals surface area contributed by atoms with Crippen LogP contribution in [0.1, 0.15) is 17.5 Å². The monoisotopic (exact) mass is 281 g/mol. The van der Waals surface area contributed by atoms with E-state index in [1.54, 1.807) is 12.1 Å². The lowest BCUT2D eigenvalue weighted by atomic mass is 9.86. The number of hydrogen-bond donors (Lipinski definition) is 2. The molecule has 0 aromatic heterocycles. The average Bonchev–Trinajstić information content (AvgIpc) is 3.04. The predicted octanol–water partition coefficient (Wildman–Crippen LogP) is 2.37. The van der Waals surface area contributed by atoms with Gasteiger partial charge in [-0.15, -0.1) is 0 Å². The van der Waals surface area contributed by atoms with Gasteiger partial charge in [0.1, 0.15) is 5.82 Å². The summed E-state index contributed by atoms with van der Waals surface area (Å²) in [5.74, 6) is -0.439. The van der Waals surface area contributed by atoms with Gasteiger partial charge >= 0.3 is 0 Å². The molecule has 2 aliphatic heterocycles. The van der Waals surface area contributed by atoms with Gasteiger partial charge in [0.15, 0.2) is 5.54 Å². The third kappa shape index (κ3) is 1.67. The Labute approximate surface area is 120 Å². The second-order valence-electron chi connectivity index (χ2n) is 5.26. The second kappa shape index (κ2) is 4.15. The number of benzene rings is 2. The Morgan fingerprint density at radius 1 is 1.14 bits per heavy atom. The van der Waals surface area contributed by atoms with Gasteiger partial charge < -0.3 is 5.32 Å². The van der Waals surface area contributed by atoms with Crippen LogP contribution in [0.2, 0.25) is 0 Å². The molecule has 1 amide bonds. The first-order chi connectivity index (χ1) is 10.2. The first-order valence-corrected chi connectivity index (χ1v) is 6.70. The van der Waals surface area contributed by atoms with Crippen LogP contribution in [0.3, 0.4) is 0 Å². The molecule has 5 heteroatoms. The number of para-hydroxylation sites is 1. The minimum atomic E-state index is -0.877. The molecule has 0 saturated heterocycles. The van der Waals surface area contributed by atoms with Crippen LogP contribution in [-0.4, -0.2) is 11.6 Å². The fourth-order valence-electron chi connectivity index (χ4n) is 2.93. The summed E-state index contributed by atoms with van der Waals surface area (Å²) >= 11 is 0. The molecule has 2 N–H and O–H groups in total. The van der Waals surface area contributed by atoms with Crippen molar-refractivity contribution < 1.29 is 9.18 Å². The summed E-state index contributed by atoms with van der Waals surface area (Å²) in [5, 5.41) is 7.14. The van der Waals surface area contributed by atoms with E-state index in [1.165, 1.54) is 12.1 Å². The molecule has 21 heavy (non-hydrogen) atoms. The van der Waals surface area contributed by atoms with Crippen LogP contribution < -0.4 is 10.7 Å². The summed E-state index contributed by atoms with van der Waals surface area (Å²) in [5.41, 5.74) is 5.13. The topological polar surface area (TPSA) is 53.5 Å². The van der Waals surface area contributed by atoms with Crippen LogP contribution in [0.25, 0.3) is 0 Å². The fourth-order valence-corrected chi connectivity index (χ4v) is 2.93. The molecular weight excluding hydrogens is 269 g/mol. The van der Waals surface area contributed by atoms with E-state index < -0.39 is 5.54 Å². The van der Waals surface area contributed by atoms with Gasteiger partial charge in [-0.2, -0.15) is 5.10 Å². The van der Waals surface area contributed by atoms with E-state index in [0.717, 1.165) is 11.3 Å². The molecule has 0 radical (unpaired) electrons. The Bertz CT molecular complexity index is 787. The molecule has 4 rings (SSSR count). The molecule has 104 valence electrons. The maximum atomic E-state index is 13.4. The number of fused-ring (bicyclic) bond motifs is 2. The molecule has 1 spiro atoms. The number of hydrogen-bond acceptors (Lipinski definition) is 3. The van der Waals surface area contributed by atoms with Crippen molar-refractivity contribution in [3.8, 4) is 0 Å². The number of rotatable bonds is 1. The van der Waals surface area contributed by atoms with Crippen molar-refractivity contribution in [2.45, 2.75) is 12.0 Å². The number of hydrazone groups is 1. The third-order valence-corrected chi connectivity index (χ3v) is 3.99. The highest BCUT2D eigenvalue weighted by atomic mass is 19.1. The summed E-state index contributed by atoms with van der Waals surface area (Å²) in [7, 11) is 0. The summed E-state index contributed by atoms with van der Waals surface area (Å²) in [6, 6.07) is 13.8. The van der Waals surface area contributed by atoms with E-state index in [-0.39, 0.29) is 11.7 Å². The van der Waals surface area contributed by atoms with E-state index >= 15 is 0 Å². The number of amides is 1. The van der Waals surface area contributed by atoms with Crippen LogP contribution in [0.15, 0.2) is 53.6 Å². The molecule has 0 saturated carbocycles. The smallest absolute Gasteiger partial charge is 0.256 e. The molecule has 2 aliphatic rings. The maximum Gasteiger partial charge on any atom is 0.256 e. The highest BCUT2D eigenvalue weighted by Crippen LogP contribution is 2.41. The summed E-state index contributed by atoms with van der Waals surface area (Å²) in [6.45, 7) is 0. The van der Waals surface area contributed by atoms with Crippen LogP contribution in [0.5, 0.6) is 0 Å². The maximum absolute atomic E-state index is 13.4. The van der Waals surface area contributed by atoms with Crippen molar-refractivity contribution >= 4 is 17.3 Å². The van der Waals surface area contributed by atoms with Gasteiger partial charge in [0.25, 0.3) is 5.91 Å². The van der Waals surface area contributed by atoms with Crippen LogP contribution in [0.4, 0.5) is 10.1 Å². The van der Waals surface area contributed by atoms with Crippen molar-refractivity contribution in [1.82, 2.24) is 5.43 Å². The Kier molecular flexibility index (Phi) is 2.39. The van der Waals surface area contributed by atoms with E-state index in [0.29, 0.717) is 17.7 Å². The van der Waals surface area contributed by atoms with Crippen molar-refractivity contribution in [1.29, 1.82) is 0 Å². The zero-order valence-corrected chi connectivity index (χ0v) is 11.1. The molecule has 0 bridgehead atoms. The van der Waals surface area contributed by atoms with Crippen molar-refractivity contribution in [3.63, 3.8) is 0 Å². The molecule has 0 aliphatic carbocycles. The summed E-state index contributed by atoms with van der Waals surface area (Å²) < 4.78 is 13.4. The SMILES string of the molecule is O=C1Nc2ccccc2C12CC(c1cccc(F)c1)=NN2. The molecule has 2 aromatic rings. The van der Waals surface area contributed by atoms with Gasteiger partial charge in [-0.3, -0.25) is 10.2 Å². The number of nitrogens with zero attached hydrogens (tertiary/aromatic N) is 1. The lowest BCUT2D eigenvalue weighted by Gasteiger charge is -2.20. The zero-order chi connectivity index (χ0) is 14.4. The normalized spacial score (nSPS) is 22.7. The summed E-state index contributed by atoms with van der Waals surface area (Å²) in [4.78, 5) is 12.4. The number of carbonyl (C=O) groups is 1. The molecule has 4 nitrogen and oxygen atoms in total. The minimum absolute atomic E-state index is 0.126. The highest BCUT2D eigenvalue weighted by molar-refractivity contribution is 6.13. The molecule has 1 atom stereocenters. The van der Waals surface area contributed by atoms with Crippen LogP contribution in [-0.2, 0) is 10.3 Å². The lowest BCUT2D eigenvalue weighted by Crippen LogP contribution is -2.42. The van der Waals surface area contributed by atoms with Crippen LogP contribution in [0, 0.1) is 5.82 Å². The third-order valence-electron chi connectivity index (χ3n) is 3.99.